The molecule has 1 atom stereocenters. The van der Waals surface area contributed by atoms with Crippen LogP contribution in [0.15, 0.2) is 0 Å². The predicted molar refractivity (Wildman–Crippen MR) is 38.9 cm³/mol. The van der Waals surface area contributed by atoms with Crippen LogP contribution in [0.2, 0.25) is 0 Å². The summed E-state index contributed by atoms with van der Waals surface area (Å²) in [5.41, 5.74) is -0.167. The summed E-state index contributed by atoms with van der Waals surface area (Å²) < 4.78 is 0. The third kappa shape index (κ3) is 2.76. The normalized spacial score (nSPS) is 14.3. The SMILES string of the molecule is CC(C)(C)C([C]=O)C[C]=O. The first-order valence-electron chi connectivity index (χ1n) is 3.25. The minimum atomic E-state index is -0.315. The van der Waals surface area contributed by atoms with Gasteiger partial charge in [-0.2, -0.15) is 0 Å². The van der Waals surface area contributed by atoms with Gasteiger partial charge in [-0.05, 0) is 5.41 Å². The summed E-state index contributed by atoms with van der Waals surface area (Å²) in [5.74, 6) is -0.315. The quantitative estimate of drug-likeness (QED) is 0.591. The molecule has 2 nitrogen and oxygen atoms in total. The molecule has 0 aliphatic rings. The molecule has 0 aliphatic heterocycles. The Morgan fingerprint density at radius 1 is 1.30 bits per heavy atom. The Labute approximate surface area is 61.6 Å². The molecule has 0 saturated carbocycles. The molecular formula is C8H12O2. The topological polar surface area (TPSA) is 34.1 Å². The van der Waals surface area contributed by atoms with Gasteiger partial charge in [0.1, 0.15) is 0 Å². The molecule has 0 aliphatic carbocycles. The van der Waals surface area contributed by atoms with E-state index in [1.54, 1.807) is 6.29 Å². The number of rotatable bonds is 3. The zero-order valence-corrected chi connectivity index (χ0v) is 6.60. The molecular weight excluding hydrogens is 128 g/mol. The van der Waals surface area contributed by atoms with Crippen LogP contribution < -0.4 is 0 Å². The smallest absolute Gasteiger partial charge is 0.202 e. The first kappa shape index (κ1) is 9.34. The summed E-state index contributed by atoms with van der Waals surface area (Å²) in [4.78, 5) is 20.2. The monoisotopic (exact) mass is 140 g/mol. The van der Waals surface area contributed by atoms with E-state index < -0.39 is 0 Å². The van der Waals surface area contributed by atoms with Crippen LogP contribution in [0.1, 0.15) is 27.2 Å². The van der Waals surface area contributed by atoms with E-state index in [-0.39, 0.29) is 17.8 Å². The van der Waals surface area contributed by atoms with Gasteiger partial charge in [-0.25, -0.2) is 0 Å². The Morgan fingerprint density at radius 2 is 1.80 bits per heavy atom. The van der Waals surface area contributed by atoms with Crippen LogP contribution in [0.25, 0.3) is 0 Å². The lowest BCUT2D eigenvalue weighted by Crippen LogP contribution is -2.21. The van der Waals surface area contributed by atoms with E-state index in [9.17, 15) is 9.59 Å². The molecule has 0 aromatic rings. The Kier molecular flexibility index (Phi) is 3.26. The van der Waals surface area contributed by atoms with E-state index in [1.807, 2.05) is 27.1 Å². The van der Waals surface area contributed by atoms with E-state index in [4.69, 9.17) is 0 Å². The Balaban J connectivity index is 4.05. The standard InChI is InChI=1S/C8H12O2/c1-8(2,3)7(6-10)4-5-9/h7H,4H2,1-3H3. The molecule has 0 fully saturated rings. The lowest BCUT2D eigenvalue weighted by Gasteiger charge is -2.22. The predicted octanol–water partition coefficient (Wildman–Crippen LogP) is 1.26. The second kappa shape index (κ2) is 3.49. The average molecular weight is 140 g/mol. The molecule has 56 valence electrons. The molecule has 2 heteroatoms. The van der Waals surface area contributed by atoms with E-state index in [2.05, 4.69) is 0 Å². The lowest BCUT2D eigenvalue weighted by atomic mass is 9.80. The highest BCUT2D eigenvalue weighted by Crippen LogP contribution is 2.25. The van der Waals surface area contributed by atoms with Gasteiger partial charge < -0.3 is 0 Å². The van der Waals surface area contributed by atoms with Crippen molar-refractivity contribution in [1.82, 2.24) is 0 Å². The Hall–Kier alpha value is -0.660. The van der Waals surface area contributed by atoms with Crippen LogP contribution in [0.4, 0.5) is 0 Å². The summed E-state index contributed by atoms with van der Waals surface area (Å²) in [6.45, 7) is 5.71. The van der Waals surface area contributed by atoms with Crippen molar-refractivity contribution in [3.05, 3.63) is 0 Å². The summed E-state index contributed by atoms with van der Waals surface area (Å²) in [5, 5.41) is 0. The average Bonchev–Trinajstić information content (AvgIpc) is 1.80. The molecule has 10 heavy (non-hydrogen) atoms. The van der Waals surface area contributed by atoms with Gasteiger partial charge >= 0.3 is 0 Å². The molecule has 0 rings (SSSR count). The second-order valence-electron chi connectivity index (χ2n) is 3.38. The number of hydrogen-bond donors (Lipinski definition) is 0. The maximum absolute atomic E-state index is 10.2. The highest BCUT2D eigenvalue weighted by atomic mass is 16.1. The summed E-state index contributed by atoms with van der Waals surface area (Å²) in [7, 11) is 0. The highest BCUT2D eigenvalue weighted by molar-refractivity contribution is 5.63. The van der Waals surface area contributed by atoms with E-state index in [0.717, 1.165) is 0 Å². The first-order chi connectivity index (χ1) is 4.52. The van der Waals surface area contributed by atoms with E-state index in [0.29, 0.717) is 0 Å². The van der Waals surface area contributed by atoms with Crippen molar-refractivity contribution in [2.75, 3.05) is 0 Å². The van der Waals surface area contributed by atoms with Crippen LogP contribution in [-0.4, -0.2) is 12.6 Å². The molecule has 2 radical (unpaired) electrons. The van der Waals surface area contributed by atoms with Gasteiger partial charge in [-0.3, -0.25) is 9.59 Å². The van der Waals surface area contributed by atoms with Gasteiger partial charge in [0.05, 0.1) is 0 Å². The number of hydrogen-bond acceptors (Lipinski definition) is 2. The van der Waals surface area contributed by atoms with Crippen LogP contribution in [0.3, 0.4) is 0 Å². The van der Waals surface area contributed by atoms with Gasteiger partial charge in [0, 0.05) is 12.3 Å². The van der Waals surface area contributed by atoms with Crippen LogP contribution in [0.5, 0.6) is 0 Å². The zero-order chi connectivity index (χ0) is 8.20. The van der Waals surface area contributed by atoms with Crippen molar-refractivity contribution in [2.24, 2.45) is 11.3 Å². The maximum atomic E-state index is 10.2. The van der Waals surface area contributed by atoms with Gasteiger partial charge in [-0.15, -0.1) is 0 Å². The van der Waals surface area contributed by atoms with Crippen molar-refractivity contribution in [1.29, 1.82) is 0 Å². The van der Waals surface area contributed by atoms with Crippen molar-refractivity contribution < 1.29 is 9.59 Å². The third-order valence-electron chi connectivity index (χ3n) is 1.48. The van der Waals surface area contributed by atoms with E-state index >= 15 is 0 Å². The van der Waals surface area contributed by atoms with E-state index in [1.165, 1.54) is 0 Å². The molecule has 0 aromatic carbocycles. The summed E-state index contributed by atoms with van der Waals surface area (Å²) in [6, 6.07) is 0. The molecule has 0 amide bonds. The largest absolute Gasteiger partial charge is 0.291 e. The van der Waals surface area contributed by atoms with Gasteiger partial charge in [-0.1, -0.05) is 20.8 Å². The molecule has 0 spiro atoms. The van der Waals surface area contributed by atoms with Crippen molar-refractivity contribution in [3.8, 4) is 0 Å². The Morgan fingerprint density at radius 3 is 1.90 bits per heavy atom. The highest BCUT2D eigenvalue weighted by Gasteiger charge is 2.24. The van der Waals surface area contributed by atoms with Crippen LogP contribution in [-0.2, 0) is 9.59 Å². The molecule has 0 bridgehead atoms. The van der Waals surface area contributed by atoms with Crippen molar-refractivity contribution in [2.45, 2.75) is 27.2 Å². The van der Waals surface area contributed by atoms with Crippen molar-refractivity contribution in [3.63, 3.8) is 0 Å². The second-order valence-corrected chi connectivity index (χ2v) is 3.38. The molecule has 1 unspecified atom stereocenters. The fourth-order valence-electron chi connectivity index (χ4n) is 0.608. The molecule has 0 N–H and O–H groups in total. The fraction of sp³-hybridized carbons (Fsp3) is 0.750. The molecule has 0 aromatic heterocycles. The molecule has 0 saturated heterocycles. The number of carbonyl (C=O) groups excluding carboxylic acids is 2. The molecule has 0 heterocycles. The maximum Gasteiger partial charge on any atom is 0.202 e. The van der Waals surface area contributed by atoms with Gasteiger partial charge in [0.15, 0.2) is 6.29 Å². The minimum absolute atomic E-state index is 0.160. The first-order valence-corrected chi connectivity index (χ1v) is 3.25. The Bertz CT molecular complexity index is 122. The fourth-order valence-corrected chi connectivity index (χ4v) is 0.608. The van der Waals surface area contributed by atoms with Gasteiger partial charge in [0.2, 0.25) is 6.29 Å². The minimum Gasteiger partial charge on any atom is -0.291 e. The summed E-state index contributed by atoms with van der Waals surface area (Å²) >= 11 is 0. The summed E-state index contributed by atoms with van der Waals surface area (Å²) in [6.07, 6.45) is 3.70. The zero-order valence-electron chi connectivity index (χ0n) is 6.60. The van der Waals surface area contributed by atoms with Gasteiger partial charge in [0.25, 0.3) is 0 Å². The van der Waals surface area contributed by atoms with Crippen LogP contribution >= 0.6 is 0 Å². The van der Waals surface area contributed by atoms with Crippen LogP contribution in [0, 0.1) is 11.3 Å². The third-order valence-corrected chi connectivity index (χ3v) is 1.48. The van der Waals surface area contributed by atoms with Crippen molar-refractivity contribution >= 4 is 12.6 Å². The lowest BCUT2D eigenvalue weighted by molar-refractivity contribution is 0.306.